The van der Waals surface area contributed by atoms with Crippen molar-refractivity contribution in [2.75, 3.05) is 25.6 Å². The van der Waals surface area contributed by atoms with Crippen LogP contribution in [0.3, 0.4) is 0 Å². The van der Waals surface area contributed by atoms with Crippen LogP contribution in [0.25, 0.3) is 0 Å². The molecule has 21 heavy (non-hydrogen) atoms. The van der Waals surface area contributed by atoms with Crippen LogP contribution in [0.4, 0.5) is 5.69 Å². The van der Waals surface area contributed by atoms with Crippen molar-refractivity contribution in [3.05, 3.63) is 24.3 Å². The Kier molecular flexibility index (Phi) is 7.08. The Hall–Kier alpha value is -2.24. The minimum atomic E-state index is -0.780. The summed E-state index contributed by atoms with van der Waals surface area (Å²) < 4.78 is 14.9. The van der Waals surface area contributed by atoms with Crippen molar-refractivity contribution in [3.63, 3.8) is 0 Å². The van der Waals surface area contributed by atoms with E-state index in [2.05, 4.69) is 5.32 Å². The zero-order valence-electron chi connectivity index (χ0n) is 12.5. The molecule has 1 rings (SSSR count). The molecule has 0 aliphatic heterocycles. The number of benzene rings is 1. The molecular formula is C15H21NO5. The summed E-state index contributed by atoms with van der Waals surface area (Å²) >= 11 is 0. The predicted molar refractivity (Wildman–Crippen MR) is 78.3 cm³/mol. The lowest BCUT2D eigenvalue weighted by Crippen LogP contribution is -2.34. The van der Waals surface area contributed by atoms with Gasteiger partial charge in [0.05, 0.1) is 26.7 Å². The number of rotatable bonds is 8. The van der Waals surface area contributed by atoms with Crippen molar-refractivity contribution in [2.45, 2.75) is 26.3 Å². The van der Waals surface area contributed by atoms with Crippen molar-refractivity contribution < 1.29 is 23.8 Å². The van der Waals surface area contributed by atoms with Crippen LogP contribution in [-0.2, 0) is 19.1 Å². The Morgan fingerprint density at radius 2 is 1.71 bits per heavy atom. The molecule has 0 aliphatic rings. The van der Waals surface area contributed by atoms with Gasteiger partial charge in [0, 0.05) is 5.69 Å². The SMILES string of the molecule is CCOC(=O)C[C@H](Nc1ccc(OC)cc1)C(=O)OCC. The second-order valence-electron chi connectivity index (χ2n) is 4.19. The molecule has 6 nitrogen and oxygen atoms in total. The van der Waals surface area contributed by atoms with Crippen LogP contribution in [0.15, 0.2) is 24.3 Å². The maximum Gasteiger partial charge on any atom is 0.329 e. The molecule has 0 saturated carbocycles. The summed E-state index contributed by atoms with van der Waals surface area (Å²) in [4.78, 5) is 23.5. The van der Waals surface area contributed by atoms with Crippen LogP contribution < -0.4 is 10.1 Å². The van der Waals surface area contributed by atoms with Gasteiger partial charge >= 0.3 is 11.9 Å². The highest BCUT2D eigenvalue weighted by atomic mass is 16.5. The standard InChI is InChI=1S/C15H21NO5/c1-4-20-14(17)10-13(15(18)21-5-2)16-11-6-8-12(19-3)9-7-11/h6-9,13,16H,4-5,10H2,1-3H3/t13-/m0/s1. The molecule has 0 bridgehead atoms. The minimum Gasteiger partial charge on any atom is -0.497 e. The number of hydrogen-bond acceptors (Lipinski definition) is 6. The van der Waals surface area contributed by atoms with Crippen LogP contribution in [0.1, 0.15) is 20.3 Å². The largest absolute Gasteiger partial charge is 0.497 e. The number of esters is 2. The molecule has 0 aliphatic carbocycles. The molecule has 0 aromatic heterocycles. The number of anilines is 1. The molecule has 0 fully saturated rings. The van der Waals surface area contributed by atoms with E-state index >= 15 is 0 Å². The molecule has 0 heterocycles. The third kappa shape index (κ3) is 5.72. The van der Waals surface area contributed by atoms with E-state index in [4.69, 9.17) is 14.2 Å². The Balaban J connectivity index is 2.74. The number of methoxy groups -OCH3 is 1. The van der Waals surface area contributed by atoms with Gasteiger partial charge in [-0.3, -0.25) is 4.79 Å². The third-order valence-corrected chi connectivity index (χ3v) is 2.68. The zero-order valence-corrected chi connectivity index (χ0v) is 12.5. The Morgan fingerprint density at radius 3 is 2.24 bits per heavy atom. The second-order valence-corrected chi connectivity index (χ2v) is 4.19. The van der Waals surface area contributed by atoms with Crippen LogP contribution in [-0.4, -0.2) is 38.3 Å². The summed E-state index contributed by atoms with van der Waals surface area (Å²) in [6, 6.07) is 6.26. The lowest BCUT2D eigenvalue weighted by Gasteiger charge is -2.17. The number of carbonyl (C=O) groups excluding carboxylic acids is 2. The molecule has 1 N–H and O–H groups in total. The van der Waals surface area contributed by atoms with E-state index in [9.17, 15) is 9.59 Å². The molecule has 1 aromatic rings. The first kappa shape index (κ1) is 16.8. The Labute approximate surface area is 124 Å². The van der Waals surface area contributed by atoms with E-state index in [0.29, 0.717) is 11.4 Å². The molecule has 0 amide bonds. The average Bonchev–Trinajstić information content (AvgIpc) is 2.48. The van der Waals surface area contributed by atoms with Gasteiger partial charge in [0.15, 0.2) is 0 Å². The molecule has 0 spiro atoms. The Morgan fingerprint density at radius 1 is 1.10 bits per heavy atom. The number of hydrogen-bond donors (Lipinski definition) is 1. The van der Waals surface area contributed by atoms with E-state index in [0.717, 1.165) is 0 Å². The van der Waals surface area contributed by atoms with Crippen molar-refractivity contribution in [2.24, 2.45) is 0 Å². The molecular weight excluding hydrogens is 274 g/mol. The van der Waals surface area contributed by atoms with Gasteiger partial charge in [-0.1, -0.05) is 0 Å². The fraction of sp³-hybridized carbons (Fsp3) is 0.467. The van der Waals surface area contributed by atoms with Gasteiger partial charge in [0.2, 0.25) is 0 Å². The smallest absolute Gasteiger partial charge is 0.329 e. The summed E-state index contributed by atoms with van der Waals surface area (Å²) in [6.07, 6.45) is -0.0846. The van der Waals surface area contributed by atoms with E-state index in [-0.39, 0.29) is 19.6 Å². The van der Waals surface area contributed by atoms with Gasteiger partial charge in [-0.2, -0.15) is 0 Å². The molecule has 0 radical (unpaired) electrons. The van der Waals surface area contributed by atoms with Crippen molar-refractivity contribution in [3.8, 4) is 5.75 Å². The topological polar surface area (TPSA) is 73.9 Å². The first-order valence-electron chi connectivity index (χ1n) is 6.83. The van der Waals surface area contributed by atoms with E-state index in [1.807, 2.05) is 0 Å². The molecule has 1 aromatic carbocycles. The lowest BCUT2D eigenvalue weighted by molar-refractivity contribution is -0.150. The van der Waals surface area contributed by atoms with Crippen LogP contribution in [0.5, 0.6) is 5.75 Å². The maximum absolute atomic E-state index is 11.9. The summed E-state index contributed by atoms with van der Waals surface area (Å²) in [6.45, 7) is 3.96. The first-order chi connectivity index (χ1) is 10.1. The number of ether oxygens (including phenoxy) is 3. The van der Waals surface area contributed by atoms with Gasteiger partial charge in [-0.25, -0.2) is 4.79 Å². The summed E-state index contributed by atoms with van der Waals surface area (Å²) in [5.41, 5.74) is 0.693. The fourth-order valence-electron chi connectivity index (χ4n) is 1.71. The molecule has 116 valence electrons. The van der Waals surface area contributed by atoms with Gasteiger partial charge < -0.3 is 19.5 Å². The van der Waals surface area contributed by atoms with Crippen LogP contribution in [0, 0.1) is 0 Å². The van der Waals surface area contributed by atoms with E-state index < -0.39 is 18.0 Å². The predicted octanol–water partition coefficient (Wildman–Crippen LogP) is 1.99. The first-order valence-corrected chi connectivity index (χ1v) is 6.83. The molecule has 0 unspecified atom stereocenters. The highest BCUT2D eigenvalue weighted by Gasteiger charge is 2.23. The maximum atomic E-state index is 11.9. The number of carbonyl (C=O) groups is 2. The normalized spacial score (nSPS) is 11.4. The molecule has 6 heteroatoms. The molecule has 1 atom stereocenters. The molecule has 0 saturated heterocycles. The Bertz CT molecular complexity index is 458. The van der Waals surface area contributed by atoms with Gasteiger partial charge in [0.25, 0.3) is 0 Å². The summed E-state index contributed by atoms with van der Waals surface area (Å²) in [5, 5.41) is 2.97. The third-order valence-electron chi connectivity index (χ3n) is 2.68. The van der Waals surface area contributed by atoms with Gasteiger partial charge in [-0.15, -0.1) is 0 Å². The quantitative estimate of drug-likeness (QED) is 0.739. The van der Waals surface area contributed by atoms with Gasteiger partial charge in [-0.05, 0) is 38.1 Å². The van der Waals surface area contributed by atoms with Crippen LogP contribution in [0.2, 0.25) is 0 Å². The monoisotopic (exact) mass is 295 g/mol. The number of nitrogens with one attached hydrogen (secondary N) is 1. The van der Waals surface area contributed by atoms with E-state index in [1.54, 1.807) is 45.2 Å². The second kappa shape index (κ2) is 8.84. The summed E-state index contributed by atoms with van der Waals surface area (Å²) in [5.74, 6) is -0.225. The average molecular weight is 295 g/mol. The minimum absolute atomic E-state index is 0.0846. The highest BCUT2D eigenvalue weighted by molar-refractivity contribution is 5.85. The fourth-order valence-corrected chi connectivity index (χ4v) is 1.71. The zero-order chi connectivity index (χ0) is 15.7. The van der Waals surface area contributed by atoms with Gasteiger partial charge in [0.1, 0.15) is 11.8 Å². The van der Waals surface area contributed by atoms with Crippen molar-refractivity contribution in [1.82, 2.24) is 0 Å². The van der Waals surface area contributed by atoms with E-state index in [1.165, 1.54) is 0 Å². The summed E-state index contributed by atoms with van der Waals surface area (Å²) in [7, 11) is 1.57. The highest BCUT2D eigenvalue weighted by Crippen LogP contribution is 2.17. The van der Waals surface area contributed by atoms with Crippen molar-refractivity contribution in [1.29, 1.82) is 0 Å². The van der Waals surface area contributed by atoms with Crippen LogP contribution >= 0.6 is 0 Å². The van der Waals surface area contributed by atoms with Crippen molar-refractivity contribution >= 4 is 17.6 Å². The lowest BCUT2D eigenvalue weighted by atomic mass is 10.2.